The number of hydrogen-bond donors (Lipinski definition) is 0. The number of hydrogen-bond acceptors (Lipinski definition) is 4. The van der Waals surface area contributed by atoms with Gasteiger partial charge in [-0.15, -0.1) is 0 Å². The summed E-state index contributed by atoms with van der Waals surface area (Å²) in [7, 11) is 0. The van der Waals surface area contributed by atoms with E-state index in [1.165, 1.54) is 12.1 Å². The SMILES string of the molecule is O=C1C2=C(OCCCO2)C(=O)c2cc(Cl)ccc21. The highest BCUT2D eigenvalue weighted by Gasteiger charge is 2.36. The average molecular weight is 265 g/mol. The summed E-state index contributed by atoms with van der Waals surface area (Å²) in [6, 6.07) is 4.60. The zero-order valence-corrected chi connectivity index (χ0v) is 10.1. The predicted octanol–water partition coefficient (Wildman–Crippen LogP) is 2.37. The standard InChI is InChI=1S/C13H9ClO4/c14-7-2-3-8-9(6-7)11(16)13-12(10(8)15)17-4-1-5-18-13/h2-3,6H,1,4-5H2. The van der Waals surface area contributed by atoms with E-state index in [4.69, 9.17) is 21.1 Å². The van der Waals surface area contributed by atoms with Crippen LogP contribution in [0.5, 0.6) is 0 Å². The van der Waals surface area contributed by atoms with Crippen LogP contribution in [0, 0.1) is 0 Å². The zero-order chi connectivity index (χ0) is 12.7. The minimum atomic E-state index is -0.344. The van der Waals surface area contributed by atoms with Crippen molar-refractivity contribution in [2.24, 2.45) is 0 Å². The second-order valence-corrected chi connectivity index (χ2v) is 4.49. The van der Waals surface area contributed by atoms with Gasteiger partial charge in [-0.1, -0.05) is 11.6 Å². The Labute approximate surface area is 108 Å². The van der Waals surface area contributed by atoms with Crippen molar-refractivity contribution in [1.29, 1.82) is 0 Å². The van der Waals surface area contributed by atoms with Crippen LogP contribution < -0.4 is 0 Å². The van der Waals surface area contributed by atoms with Gasteiger partial charge in [-0.3, -0.25) is 9.59 Å². The first-order valence-corrected chi connectivity index (χ1v) is 5.95. The predicted molar refractivity (Wildman–Crippen MR) is 63.7 cm³/mol. The summed E-state index contributed by atoms with van der Waals surface area (Å²) in [4.78, 5) is 24.4. The van der Waals surface area contributed by atoms with Crippen molar-refractivity contribution in [2.75, 3.05) is 13.2 Å². The third-order valence-electron chi connectivity index (χ3n) is 2.87. The summed E-state index contributed by atoms with van der Waals surface area (Å²) in [5, 5.41) is 0.411. The van der Waals surface area contributed by atoms with Crippen LogP contribution in [0.15, 0.2) is 29.7 Å². The minimum Gasteiger partial charge on any atom is -0.486 e. The van der Waals surface area contributed by atoms with Crippen LogP contribution in [-0.2, 0) is 9.47 Å². The van der Waals surface area contributed by atoms with E-state index in [1.54, 1.807) is 6.07 Å². The van der Waals surface area contributed by atoms with E-state index >= 15 is 0 Å². The first-order valence-electron chi connectivity index (χ1n) is 5.57. The van der Waals surface area contributed by atoms with Gasteiger partial charge in [0.05, 0.1) is 13.2 Å². The molecule has 0 radical (unpaired) electrons. The molecule has 1 aromatic rings. The van der Waals surface area contributed by atoms with Gasteiger partial charge >= 0.3 is 0 Å². The molecule has 1 aliphatic heterocycles. The van der Waals surface area contributed by atoms with Crippen molar-refractivity contribution >= 4 is 23.2 Å². The number of halogens is 1. The van der Waals surface area contributed by atoms with Gasteiger partial charge in [0, 0.05) is 22.6 Å². The lowest BCUT2D eigenvalue weighted by molar-refractivity contribution is 0.0829. The number of carbonyl (C=O) groups excluding carboxylic acids is 2. The number of benzene rings is 1. The Hall–Kier alpha value is -1.81. The van der Waals surface area contributed by atoms with Crippen molar-refractivity contribution in [2.45, 2.75) is 6.42 Å². The van der Waals surface area contributed by atoms with Crippen molar-refractivity contribution in [3.8, 4) is 0 Å². The Kier molecular flexibility index (Phi) is 2.59. The smallest absolute Gasteiger partial charge is 0.232 e. The second-order valence-electron chi connectivity index (χ2n) is 4.06. The number of rotatable bonds is 0. The van der Waals surface area contributed by atoms with Crippen LogP contribution in [0.25, 0.3) is 0 Å². The van der Waals surface area contributed by atoms with Crippen LogP contribution in [0.2, 0.25) is 5.02 Å². The minimum absolute atomic E-state index is 0.00673. The van der Waals surface area contributed by atoms with E-state index < -0.39 is 0 Å². The van der Waals surface area contributed by atoms with Crippen LogP contribution in [-0.4, -0.2) is 24.8 Å². The van der Waals surface area contributed by atoms with Gasteiger partial charge in [-0.2, -0.15) is 0 Å². The number of allylic oxidation sites excluding steroid dienone is 2. The van der Waals surface area contributed by atoms with Crippen molar-refractivity contribution in [1.82, 2.24) is 0 Å². The Morgan fingerprint density at radius 3 is 2.22 bits per heavy atom. The molecule has 0 saturated carbocycles. The molecule has 1 aromatic carbocycles. The van der Waals surface area contributed by atoms with E-state index in [0.29, 0.717) is 30.2 Å². The fourth-order valence-corrected chi connectivity index (χ4v) is 2.19. The third-order valence-corrected chi connectivity index (χ3v) is 3.11. The second kappa shape index (κ2) is 4.14. The zero-order valence-electron chi connectivity index (χ0n) is 9.36. The summed E-state index contributed by atoms with van der Waals surface area (Å²) in [6.07, 6.45) is 0.644. The molecule has 4 nitrogen and oxygen atoms in total. The third kappa shape index (κ3) is 1.61. The number of ketones is 2. The molecule has 0 fully saturated rings. The Morgan fingerprint density at radius 2 is 1.56 bits per heavy atom. The maximum Gasteiger partial charge on any atom is 0.232 e. The largest absolute Gasteiger partial charge is 0.486 e. The quantitative estimate of drug-likeness (QED) is 0.722. The van der Waals surface area contributed by atoms with E-state index in [-0.39, 0.29) is 28.6 Å². The molecule has 1 heterocycles. The van der Waals surface area contributed by atoms with E-state index in [0.717, 1.165) is 0 Å². The number of fused-ring (bicyclic) bond motifs is 1. The Bertz CT molecular complexity index is 589. The summed E-state index contributed by atoms with van der Waals surface area (Å²) in [6.45, 7) is 0.745. The molecule has 0 atom stereocenters. The molecule has 0 aromatic heterocycles. The molecule has 1 aliphatic carbocycles. The van der Waals surface area contributed by atoms with Gasteiger partial charge in [0.2, 0.25) is 23.1 Å². The van der Waals surface area contributed by atoms with Crippen molar-refractivity contribution in [3.63, 3.8) is 0 Å². The molecular weight excluding hydrogens is 256 g/mol. The van der Waals surface area contributed by atoms with Crippen LogP contribution in [0.4, 0.5) is 0 Å². The van der Waals surface area contributed by atoms with Crippen LogP contribution in [0.1, 0.15) is 27.1 Å². The highest BCUT2D eigenvalue weighted by Crippen LogP contribution is 2.30. The van der Waals surface area contributed by atoms with Crippen LogP contribution in [0.3, 0.4) is 0 Å². The number of Topliss-reactive ketones (excluding diaryl/α,β-unsaturated/α-hetero) is 2. The van der Waals surface area contributed by atoms with Gasteiger partial charge in [-0.25, -0.2) is 0 Å². The Morgan fingerprint density at radius 1 is 0.944 bits per heavy atom. The molecule has 0 bridgehead atoms. The van der Waals surface area contributed by atoms with E-state index in [1.807, 2.05) is 0 Å². The fraction of sp³-hybridized carbons (Fsp3) is 0.231. The monoisotopic (exact) mass is 264 g/mol. The van der Waals surface area contributed by atoms with Crippen molar-refractivity contribution < 1.29 is 19.1 Å². The van der Waals surface area contributed by atoms with Gasteiger partial charge in [0.25, 0.3) is 0 Å². The summed E-state index contributed by atoms with van der Waals surface area (Å²) < 4.78 is 10.7. The lowest BCUT2D eigenvalue weighted by Crippen LogP contribution is -2.23. The molecule has 0 saturated heterocycles. The normalized spacial score (nSPS) is 18.5. The molecule has 5 heteroatoms. The molecule has 92 valence electrons. The molecule has 0 unspecified atom stereocenters. The first-order chi connectivity index (χ1) is 8.68. The van der Waals surface area contributed by atoms with Gasteiger partial charge < -0.3 is 9.47 Å². The summed E-state index contributed by atoms with van der Waals surface area (Å²) in [5.41, 5.74) is 0.588. The molecule has 2 aliphatic rings. The topological polar surface area (TPSA) is 52.6 Å². The molecule has 3 rings (SSSR count). The van der Waals surface area contributed by atoms with Crippen molar-refractivity contribution in [3.05, 3.63) is 45.9 Å². The van der Waals surface area contributed by atoms with Gasteiger partial charge in [-0.05, 0) is 18.2 Å². The average Bonchev–Trinajstić information content (AvgIpc) is 2.61. The molecule has 0 amide bonds. The lowest BCUT2D eigenvalue weighted by atomic mass is 9.92. The van der Waals surface area contributed by atoms with Crippen LogP contribution >= 0.6 is 11.6 Å². The fourth-order valence-electron chi connectivity index (χ4n) is 2.02. The van der Waals surface area contributed by atoms with Gasteiger partial charge in [0.1, 0.15) is 0 Å². The first kappa shape index (κ1) is 11.3. The maximum absolute atomic E-state index is 12.2. The van der Waals surface area contributed by atoms with E-state index in [2.05, 4.69) is 0 Å². The molecule has 0 N–H and O–H groups in total. The molecule has 18 heavy (non-hydrogen) atoms. The number of carbonyl (C=O) groups is 2. The number of ether oxygens (including phenoxy) is 2. The molecule has 0 spiro atoms. The van der Waals surface area contributed by atoms with Gasteiger partial charge in [0.15, 0.2) is 0 Å². The lowest BCUT2D eigenvalue weighted by Gasteiger charge is -2.18. The summed E-state index contributed by atoms with van der Waals surface area (Å²) >= 11 is 5.85. The highest BCUT2D eigenvalue weighted by atomic mass is 35.5. The Balaban J connectivity index is 2.17. The molecular formula is C13H9ClO4. The van der Waals surface area contributed by atoms with E-state index in [9.17, 15) is 9.59 Å². The summed E-state index contributed by atoms with van der Waals surface area (Å²) in [5.74, 6) is -0.637. The maximum atomic E-state index is 12.2. The highest BCUT2D eigenvalue weighted by molar-refractivity contribution is 6.32.